The van der Waals surface area contributed by atoms with E-state index < -0.39 is 23.3 Å². The van der Waals surface area contributed by atoms with E-state index in [9.17, 15) is 14.4 Å². The Morgan fingerprint density at radius 1 is 1.24 bits per heavy atom. The molecule has 0 atom stereocenters. The van der Waals surface area contributed by atoms with Gasteiger partial charge in [-0.05, 0) is 19.3 Å². The lowest BCUT2D eigenvalue weighted by molar-refractivity contribution is -0.144. The third-order valence-corrected chi connectivity index (χ3v) is 3.17. The van der Waals surface area contributed by atoms with Crippen molar-refractivity contribution in [3.8, 4) is 0 Å². The summed E-state index contributed by atoms with van der Waals surface area (Å²) in [7, 11) is 0. The van der Waals surface area contributed by atoms with Crippen LogP contribution in [0.15, 0.2) is 11.6 Å². The van der Waals surface area contributed by atoms with Gasteiger partial charge in [-0.15, -0.1) is 0 Å². The Balaban J connectivity index is 3.33. The molecule has 1 aliphatic heterocycles. The molecule has 0 aromatic carbocycles. The summed E-state index contributed by atoms with van der Waals surface area (Å²) in [5, 5.41) is 4.34. The first-order chi connectivity index (χ1) is 7.87. The first kappa shape index (κ1) is 13.4. The van der Waals surface area contributed by atoms with Gasteiger partial charge in [0, 0.05) is 0 Å². The predicted octanol–water partition coefficient (Wildman–Crippen LogP) is 1.35. The molecule has 0 bridgehead atoms. The molecule has 5 nitrogen and oxygen atoms in total. The molecule has 1 saturated heterocycles. The molecule has 4 amide bonds. The Morgan fingerprint density at radius 3 is 2.06 bits per heavy atom. The van der Waals surface area contributed by atoms with Crippen LogP contribution in [0.1, 0.15) is 34.1 Å². The van der Waals surface area contributed by atoms with Gasteiger partial charge in [0.2, 0.25) is 11.8 Å². The number of nitrogens with one attached hydrogen (secondary N) is 2. The average Bonchev–Trinajstić information content (AvgIpc) is 2.16. The van der Waals surface area contributed by atoms with Crippen molar-refractivity contribution in [2.24, 2.45) is 11.3 Å². The summed E-state index contributed by atoms with van der Waals surface area (Å²) in [6, 6.07) is -0.749. The largest absolute Gasteiger partial charge is 0.328 e. The molecule has 0 saturated carbocycles. The quantitative estimate of drug-likeness (QED) is 0.575. The van der Waals surface area contributed by atoms with Crippen molar-refractivity contribution in [2.75, 3.05) is 0 Å². The molecule has 1 aliphatic rings. The molecule has 1 heterocycles. The minimum absolute atomic E-state index is 0.224. The zero-order chi connectivity index (χ0) is 13.2. The number of hydrogen-bond donors (Lipinski definition) is 2. The normalized spacial score (nSPS) is 20.3. The molecule has 94 valence electrons. The maximum Gasteiger partial charge on any atom is 0.328 e. The smallest absolute Gasteiger partial charge is 0.277 e. The summed E-state index contributed by atoms with van der Waals surface area (Å²) < 4.78 is 0. The second kappa shape index (κ2) is 4.69. The number of allylic oxidation sites excluding steroid dienone is 1. The van der Waals surface area contributed by atoms with Gasteiger partial charge in [0.1, 0.15) is 0 Å². The number of carbonyl (C=O) groups is 3. The third-order valence-electron chi connectivity index (χ3n) is 3.17. The van der Waals surface area contributed by atoms with Gasteiger partial charge < -0.3 is 0 Å². The maximum absolute atomic E-state index is 12.1. The van der Waals surface area contributed by atoms with Crippen molar-refractivity contribution in [2.45, 2.75) is 34.1 Å². The molecule has 0 aliphatic carbocycles. The van der Waals surface area contributed by atoms with Crippen LogP contribution in [-0.2, 0) is 9.59 Å². The standard InChI is InChI=1S/C12H18N2O3/c1-5-6-8(4)12(7(2)3)9(15)13-11(17)14-10(12)16/h6-7H,5H2,1-4H3,(H2,13,14,15,16,17). The summed E-state index contributed by atoms with van der Waals surface area (Å²) >= 11 is 0. The molecule has 0 spiro atoms. The molecule has 0 unspecified atom stereocenters. The SMILES string of the molecule is CCC=C(C)C1(C(C)C)C(=O)NC(=O)NC1=O. The van der Waals surface area contributed by atoms with Gasteiger partial charge in [0.05, 0.1) is 0 Å². The number of hydrogen-bond acceptors (Lipinski definition) is 3. The van der Waals surface area contributed by atoms with Crippen LogP contribution in [-0.4, -0.2) is 17.8 Å². The minimum atomic E-state index is -1.27. The highest BCUT2D eigenvalue weighted by molar-refractivity contribution is 6.21. The fourth-order valence-corrected chi connectivity index (χ4v) is 2.34. The molecule has 0 aromatic heterocycles. The summed E-state index contributed by atoms with van der Waals surface area (Å²) in [6.45, 7) is 7.27. The molecule has 1 fully saturated rings. The Labute approximate surface area is 101 Å². The van der Waals surface area contributed by atoms with Crippen molar-refractivity contribution in [1.29, 1.82) is 0 Å². The molecule has 0 radical (unpaired) electrons. The number of carbonyl (C=O) groups excluding carboxylic acids is 3. The van der Waals surface area contributed by atoms with Crippen LogP contribution in [0, 0.1) is 11.3 Å². The maximum atomic E-state index is 12.1. The van der Waals surface area contributed by atoms with Crippen molar-refractivity contribution in [3.05, 3.63) is 11.6 Å². The van der Waals surface area contributed by atoms with Crippen molar-refractivity contribution < 1.29 is 14.4 Å². The van der Waals surface area contributed by atoms with Crippen LogP contribution < -0.4 is 10.6 Å². The van der Waals surface area contributed by atoms with E-state index in [1.165, 1.54) is 0 Å². The van der Waals surface area contributed by atoms with Crippen LogP contribution in [0.4, 0.5) is 4.79 Å². The Kier molecular flexibility index (Phi) is 3.70. The lowest BCUT2D eigenvalue weighted by Gasteiger charge is -2.38. The molecule has 1 rings (SSSR count). The molecular weight excluding hydrogens is 220 g/mol. The zero-order valence-electron chi connectivity index (χ0n) is 10.6. The average molecular weight is 238 g/mol. The van der Waals surface area contributed by atoms with E-state index in [4.69, 9.17) is 0 Å². The van der Waals surface area contributed by atoms with Crippen LogP contribution >= 0.6 is 0 Å². The van der Waals surface area contributed by atoms with E-state index in [1.807, 2.05) is 13.0 Å². The molecule has 17 heavy (non-hydrogen) atoms. The first-order valence-corrected chi connectivity index (χ1v) is 5.71. The van der Waals surface area contributed by atoms with Crippen LogP contribution in [0.25, 0.3) is 0 Å². The molecule has 5 heteroatoms. The molecule has 0 aromatic rings. The van der Waals surface area contributed by atoms with Crippen LogP contribution in [0.2, 0.25) is 0 Å². The number of barbiturate groups is 1. The Bertz CT molecular complexity index is 377. The zero-order valence-corrected chi connectivity index (χ0v) is 10.6. The number of amides is 4. The fourth-order valence-electron chi connectivity index (χ4n) is 2.34. The number of imide groups is 2. The van der Waals surface area contributed by atoms with E-state index >= 15 is 0 Å². The van der Waals surface area contributed by atoms with Crippen molar-refractivity contribution in [3.63, 3.8) is 0 Å². The van der Waals surface area contributed by atoms with Crippen LogP contribution in [0.5, 0.6) is 0 Å². The van der Waals surface area contributed by atoms with Crippen molar-refractivity contribution in [1.82, 2.24) is 10.6 Å². The van der Waals surface area contributed by atoms with E-state index in [-0.39, 0.29) is 5.92 Å². The van der Waals surface area contributed by atoms with E-state index in [0.29, 0.717) is 5.57 Å². The minimum Gasteiger partial charge on any atom is -0.277 e. The highest BCUT2D eigenvalue weighted by atomic mass is 16.2. The Morgan fingerprint density at radius 2 is 1.71 bits per heavy atom. The van der Waals surface area contributed by atoms with Crippen LogP contribution in [0.3, 0.4) is 0 Å². The molecular formula is C12H18N2O3. The van der Waals surface area contributed by atoms with E-state index in [1.54, 1.807) is 20.8 Å². The lowest BCUT2D eigenvalue weighted by atomic mass is 9.69. The monoisotopic (exact) mass is 238 g/mol. The fraction of sp³-hybridized carbons (Fsp3) is 0.583. The summed E-state index contributed by atoms with van der Waals surface area (Å²) in [5.74, 6) is -1.30. The van der Waals surface area contributed by atoms with Gasteiger partial charge in [-0.1, -0.05) is 32.4 Å². The number of rotatable bonds is 3. The second-order valence-electron chi connectivity index (χ2n) is 4.50. The first-order valence-electron chi connectivity index (χ1n) is 5.71. The van der Waals surface area contributed by atoms with Gasteiger partial charge in [-0.2, -0.15) is 0 Å². The summed E-state index contributed by atoms with van der Waals surface area (Å²) in [5.41, 5.74) is -0.596. The predicted molar refractivity (Wildman–Crippen MR) is 63.0 cm³/mol. The van der Waals surface area contributed by atoms with E-state index in [2.05, 4.69) is 10.6 Å². The Hall–Kier alpha value is -1.65. The molecule has 2 N–H and O–H groups in total. The van der Waals surface area contributed by atoms with Gasteiger partial charge >= 0.3 is 6.03 Å². The van der Waals surface area contributed by atoms with Gasteiger partial charge in [-0.25, -0.2) is 4.79 Å². The summed E-state index contributed by atoms with van der Waals surface area (Å²) in [4.78, 5) is 35.2. The lowest BCUT2D eigenvalue weighted by Crippen LogP contribution is -2.64. The highest BCUT2D eigenvalue weighted by Gasteiger charge is 2.53. The second-order valence-corrected chi connectivity index (χ2v) is 4.50. The topological polar surface area (TPSA) is 75.3 Å². The van der Waals surface area contributed by atoms with Gasteiger partial charge in [-0.3, -0.25) is 20.2 Å². The van der Waals surface area contributed by atoms with Gasteiger partial charge in [0.15, 0.2) is 5.41 Å². The highest BCUT2D eigenvalue weighted by Crippen LogP contribution is 2.37. The van der Waals surface area contributed by atoms with E-state index in [0.717, 1.165) is 6.42 Å². The summed E-state index contributed by atoms with van der Waals surface area (Å²) in [6.07, 6.45) is 2.57. The van der Waals surface area contributed by atoms with Gasteiger partial charge in [0.25, 0.3) is 0 Å². The van der Waals surface area contributed by atoms with Crippen molar-refractivity contribution >= 4 is 17.8 Å². The third kappa shape index (κ3) is 1.97. The number of urea groups is 1.